The Hall–Kier alpha value is -3.60. The van der Waals surface area contributed by atoms with E-state index in [0.717, 1.165) is 63.5 Å². The van der Waals surface area contributed by atoms with E-state index in [2.05, 4.69) is 161 Å². The number of nitrogens with one attached hydrogen (secondary N) is 2. The van der Waals surface area contributed by atoms with Crippen LogP contribution in [0.25, 0.3) is 0 Å². The van der Waals surface area contributed by atoms with E-state index in [-0.39, 0.29) is 22.9 Å². The van der Waals surface area contributed by atoms with Crippen LogP contribution in [0.15, 0.2) is 109 Å². The molecule has 4 heteroatoms. The zero-order valence-electron chi connectivity index (χ0n) is 29.0. The monoisotopic (exact) mass is 620 g/mol. The van der Waals surface area contributed by atoms with E-state index in [1.54, 1.807) is 0 Å². The van der Waals surface area contributed by atoms with Gasteiger partial charge in [0.25, 0.3) is 0 Å². The molecule has 0 radical (unpaired) electrons. The first-order valence-corrected chi connectivity index (χ1v) is 17.1. The third-order valence-corrected chi connectivity index (χ3v) is 8.49. The highest BCUT2D eigenvalue weighted by atomic mass is 16.5. The van der Waals surface area contributed by atoms with Gasteiger partial charge in [0.2, 0.25) is 0 Å². The molecule has 0 saturated carbocycles. The van der Waals surface area contributed by atoms with Crippen molar-refractivity contribution >= 4 is 0 Å². The Morgan fingerprint density at radius 3 is 1.17 bits per heavy atom. The maximum atomic E-state index is 6.28. The molecule has 0 aliphatic carbocycles. The summed E-state index contributed by atoms with van der Waals surface area (Å²) in [6.45, 7) is 16.7. The van der Waals surface area contributed by atoms with Gasteiger partial charge in [0.1, 0.15) is 11.5 Å². The molecule has 0 aliphatic rings. The minimum absolute atomic E-state index is 0.0948. The first-order chi connectivity index (χ1) is 22.1. The van der Waals surface area contributed by atoms with Crippen molar-refractivity contribution in [2.24, 2.45) is 10.8 Å². The lowest BCUT2D eigenvalue weighted by atomic mass is 9.82. The topological polar surface area (TPSA) is 42.5 Å². The minimum atomic E-state index is 0.0948. The van der Waals surface area contributed by atoms with Gasteiger partial charge < -0.3 is 20.1 Å². The van der Waals surface area contributed by atoms with Crippen LogP contribution in [0.3, 0.4) is 0 Å². The lowest BCUT2D eigenvalue weighted by Crippen LogP contribution is -2.32. The van der Waals surface area contributed by atoms with Crippen LogP contribution in [0, 0.1) is 10.8 Å². The highest BCUT2D eigenvalue weighted by Gasteiger charge is 2.27. The summed E-state index contributed by atoms with van der Waals surface area (Å²) in [5.41, 5.74) is 5.22. The number of hydrogen-bond donors (Lipinski definition) is 2. The highest BCUT2D eigenvalue weighted by molar-refractivity contribution is 5.34. The molecule has 0 amide bonds. The molecular formula is C42H56N2O2. The number of hydrogen-bond acceptors (Lipinski definition) is 4. The lowest BCUT2D eigenvalue weighted by Gasteiger charge is -2.32. The number of unbranched alkanes of at least 4 members (excludes halogenated alkanes) is 3. The number of benzene rings is 4. The van der Waals surface area contributed by atoms with E-state index in [0.29, 0.717) is 0 Å². The fourth-order valence-electron chi connectivity index (χ4n) is 6.07. The van der Waals surface area contributed by atoms with Crippen LogP contribution in [0.2, 0.25) is 0 Å². The fraction of sp³-hybridized carbons (Fsp3) is 0.429. The van der Waals surface area contributed by atoms with Crippen molar-refractivity contribution in [3.63, 3.8) is 0 Å². The molecule has 46 heavy (non-hydrogen) atoms. The van der Waals surface area contributed by atoms with Crippen LogP contribution in [0.5, 0.6) is 11.5 Å². The minimum Gasteiger partial charge on any atom is -0.493 e. The third-order valence-electron chi connectivity index (χ3n) is 8.49. The molecule has 4 aromatic rings. The maximum absolute atomic E-state index is 6.28. The molecule has 0 spiro atoms. The van der Waals surface area contributed by atoms with Gasteiger partial charge in [-0.1, -0.05) is 139 Å². The number of rotatable bonds is 17. The van der Waals surface area contributed by atoms with E-state index >= 15 is 0 Å². The van der Waals surface area contributed by atoms with Crippen LogP contribution >= 0.6 is 0 Å². The van der Waals surface area contributed by atoms with E-state index in [9.17, 15) is 0 Å². The van der Waals surface area contributed by atoms with E-state index in [1.807, 2.05) is 0 Å². The van der Waals surface area contributed by atoms with Gasteiger partial charge in [-0.25, -0.2) is 0 Å². The summed E-state index contributed by atoms with van der Waals surface area (Å²) in [5.74, 6) is 1.95. The summed E-state index contributed by atoms with van der Waals surface area (Å²) < 4.78 is 12.6. The van der Waals surface area contributed by atoms with Crippen LogP contribution < -0.4 is 20.1 Å². The Bertz CT molecular complexity index is 1310. The van der Waals surface area contributed by atoms with Crippen LogP contribution in [0.4, 0.5) is 0 Å². The second kappa shape index (κ2) is 17.4. The Balaban J connectivity index is 1.18. The molecule has 0 saturated heterocycles. The van der Waals surface area contributed by atoms with E-state index < -0.39 is 0 Å². The van der Waals surface area contributed by atoms with Crippen LogP contribution in [-0.4, -0.2) is 13.2 Å². The van der Waals surface area contributed by atoms with E-state index in [1.165, 1.54) is 22.3 Å². The van der Waals surface area contributed by atoms with Crippen molar-refractivity contribution in [1.82, 2.24) is 10.6 Å². The molecule has 0 bridgehead atoms. The van der Waals surface area contributed by atoms with Gasteiger partial charge in [-0.05, 0) is 59.8 Å². The molecule has 4 rings (SSSR count). The Kier molecular flexibility index (Phi) is 13.3. The second-order valence-corrected chi connectivity index (χ2v) is 14.5. The Morgan fingerprint density at radius 2 is 0.804 bits per heavy atom. The molecule has 2 atom stereocenters. The molecule has 246 valence electrons. The van der Waals surface area contributed by atoms with Gasteiger partial charge in [0.15, 0.2) is 0 Å². The molecule has 2 N–H and O–H groups in total. The number of para-hydroxylation sites is 2. The van der Waals surface area contributed by atoms with Crippen molar-refractivity contribution in [1.29, 1.82) is 0 Å². The first kappa shape index (κ1) is 35.3. The average molecular weight is 621 g/mol. The average Bonchev–Trinajstić information content (AvgIpc) is 3.03. The standard InChI is InChI=1S/C42H56N2O2/c1-41(2,3)39(33-21-11-9-12-22-33)43-31-35-25-15-17-27-37(35)45-29-19-7-8-20-30-46-38-28-18-16-26-36(38)32-44-40(42(4,5)6)34-23-13-10-14-24-34/h9-18,21-28,39-40,43-44H,7-8,19-20,29-32H2,1-6H3/t39-,40-/m0/s1. The van der Waals surface area contributed by atoms with Gasteiger partial charge in [-0.2, -0.15) is 0 Å². The largest absolute Gasteiger partial charge is 0.493 e. The van der Waals surface area contributed by atoms with Crippen molar-refractivity contribution in [2.75, 3.05) is 13.2 Å². The van der Waals surface area contributed by atoms with Crippen molar-refractivity contribution in [3.05, 3.63) is 131 Å². The molecule has 0 aromatic heterocycles. The molecule has 0 fully saturated rings. The number of ether oxygens (including phenoxy) is 2. The van der Waals surface area contributed by atoms with E-state index in [4.69, 9.17) is 9.47 Å². The first-order valence-electron chi connectivity index (χ1n) is 17.1. The highest BCUT2D eigenvalue weighted by Crippen LogP contribution is 2.34. The van der Waals surface area contributed by atoms with Crippen molar-refractivity contribution < 1.29 is 9.47 Å². The smallest absolute Gasteiger partial charge is 0.123 e. The van der Waals surface area contributed by atoms with Crippen molar-refractivity contribution in [2.45, 2.75) is 92.4 Å². The zero-order chi connectivity index (χ0) is 32.8. The molecular weight excluding hydrogens is 564 g/mol. The van der Waals surface area contributed by atoms with Crippen LogP contribution in [0.1, 0.15) is 102 Å². The predicted molar refractivity (Wildman–Crippen MR) is 193 cm³/mol. The predicted octanol–water partition coefficient (Wildman–Crippen LogP) is 10.5. The molecule has 0 unspecified atom stereocenters. The Labute approximate surface area is 278 Å². The van der Waals surface area contributed by atoms with Gasteiger partial charge in [-0.3, -0.25) is 0 Å². The maximum Gasteiger partial charge on any atom is 0.123 e. The quantitative estimate of drug-likeness (QED) is 0.115. The molecule has 4 nitrogen and oxygen atoms in total. The van der Waals surface area contributed by atoms with Gasteiger partial charge in [-0.15, -0.1) is 0 Å². The summed E-state index contributed by atoms with van der Waals surface area (Å²) in [6, 6.07) is 38.8. The summed E-state index contributed by atoms with van der Waals surface area (Å²) in [4.78, 5) is 0. The van der Waals surface area contributed by atoms with Gasteiger partial charge >= 0.3 is 0 Å². The van der Waals surface area contributed by atoms with Gasteiger partial charge in [0, 0.05) is 36.3 Å². The third kappa shape index (κ3) is 11.0. The van der Waals surface area contributed by atoms with Crippen molar-refractivity contribution in [3.8, 4) is 11.5 Å². The normalized spacial score (nSPS) is 13.3. The molecule has 4 aromatic carbocycles. The molecule has 0 aliphatic heterocycles. The summed E-state index contributed by atoms with van der Waals surface area (Å²) in [5, 5.41) is 7.61. The molecule has 0 heterocycles. The zero-order valence-corrected chi connectivity index (χ0v) is 29.0. The Morgan fingerprint density at radius 1 is 0.457 bits per heavy atom. The summed E-state index contributed by atoms with van der Waals surface area (Å²) in [7, 11) is 0. The summed E-state index contributed by atoms with van der Waals surface area (Å²) in [6.07, 6.45) is 4.31. The van der Waals surface area contributed by atoms with Crippen LogP contribution in [-0.2, 0) is 13.1 Å². The summed E-state index contributed by atoms with van der Waals surface area (Å²) >= 11 is 0. The SMILES string of the molecule is CC(C)(C)[C@@H](NCc1ccccc1OCCCCCCOc1ccccc1CN[C@@H](c1ccccc1)C(C)(C)C)c1ccccc1. The van der Waals surface area contributed by atoms with Gasteiger partial charge in [0.05, 0.1) is 13.2 Å². The fourth-order valence-corrected chi connectivity index (χ4v) is 6.07. The second-order valence-electron chi connectivity index (χ2n) is 14.5. The lowest BCUT2D eigenvalue weighted by molar-refractivity contribution is 0.263.